The van der Waals surface area contributed by atoms with Crippen molar-refractivity contribution in [3.63, 3.8) is 0 Å². The summed E-state index contributed by atoms with van der Waals surface area (Å²) in [4.78, 5) is 3.92. The third-order valence-electron chi connectivity index (χ3n) is 3.03. The lowest BCUT2D eigenvalue weighted by molar-refractivity contribution is 0.469. The summed E-state index contributed by atoms with van der Waals surface area (Å²) in [6, 6.07) is 15.2. The Morgan fingerprint density at radius 2 is 1.85 bits per heavy atom. The molecule has 0 saturated carbocycles. The van der Waals surface area contributed by atoms with Crippen LogP contribution >= 0.6 is 0 Å². The Balaban J connectivity index is 1.68. The molecule has 0 unspecified atom stereocenters. The number of aromatic nitrogens is 3. The van der Waals surface area contributed by atoms with Gasteiger partial charge in [-0.3, -0.25) is 0 Å². The summed E-state index contributed by atoms with van der Waals surface area (Å²) < 4.78 is 1.70. The first-order chi connectivity index (χ1) is 9.83. The van der Waals surface area contributed by atoms with E-state index in [1.807, 2.05) is 42.5 Å². The van der Waals surface area contributed by atoms with Gasteiger partial charge in [0.05, 0.1) is 5.69 Å². The summed E-state index contributed by atoms with van der Waals surface area (Å²) in [6.07, 6.45) is 3.16. The molecule has 100 valence electrons. The van der Waals surface area contributed by atoms with E-state index in [9.17, 15) is 5.11 Å². The highest BCUT2D eigenvalue weighted by Crippen LogP contribution is 2.18. The number of aromatic hydroxyl groups is 1. The van der Waals surface area contributed by atoms with Crippen molar-refractivity contribution in [3.05, 3.63) is 66.7 Å². The van der Waals surface area contributed by atoms with Gasteiger partial charge in [-0.25, -0.2) is 9.67 Å². The standard InChI is InChI=1S/C15H14N4O/c20-15-4-2-1-3-12(15)9-17-13-5-7-14(8-6-13)19-11-16-10-18-19/h1-8,10-11,17,20H,9H2. The van der Waals surface area contributed by atoms with Crippen molar-refractivity contribution in [1.82, 2.24) is 14.8 Å². The minimum atomic E-state index is 0.305. The molecular weight excluding hydrogens is 252 g/mol. The molecule has 1 aromatic heterocycles. The Hall–Kier alpha value is -2.82. The van der Waals surface area contributed by atoms with Crippen LogP contribution in [-0.2, 0) is 6.54 Å². The Morgan fingerprint density at radius 1 is 1.05 bits per heavy atom. The molecule has 2 aromatic carbocycles. The Morgan fingerprint density at radius 3 is 2.55 bits per heavy atom. The van der Waals surface area contributed by atoms with Crippen molar-refractivity contribution in [3.8, 4) is 11.4 Å². The highest BCUT2D eigenvalue weighted by Gasteiger charge is 2.00. The van der Waals surface area contributed by atoms with Gasteiger partial charge in [0.25, 0.3) is 0 Å². The molecule has 0 saturated heterocycles. The highest BCUT2D eigenvalue weighted by molar-refractivity contribution is 5.49. The minimum absolute atomic E-state index is 0.305. The van der Waals surface area contributed by atoms with E-state index in [-0.39, 0.29) is 0 Å². The van der Waals surface area contributed by atoms with Crippen LogP contribution in [0.3, 0.4) is 0 Å². The molecule has 3 aromatic rings. The van der Waals surface area contributed by atoms with Crippen LogP contribution in [0.25, 0.3) is 5.69 Å². The number of benzene rings is 2. The molecule has 0 spiro atoms. The van der Waals surface area contributed by atoms with Gasteiger partial charge in [-0.05, 0) is 30.3 Å². The molecule has 0 fully saturated rings. The van der Waals surface area contributed by atoms with Gasteiger partial charge >= 0.3 is 0 Å². The normalized spacial score (nSPS) is 10.4. The number of hydrogen-bond donors (Lipinski definition) is 2. The van der Waals surface area contributed by atoms with Crippen LogP contribution in [0.1, 0.15) is 5.56 Å². The van der Waals surface area contributed by atoms with E-state index < -0.39 is 0 Å². The van der Waals surface area contributed by atoms with Gasteiger partial charge in [0.15, 0.2) is 0 Å². The quantitative estimate of drug-likeness (QED) is 0.762. The average molecular weight is 266 g/mol. The van der Waals surface area contributed by atoms with Gasteiger partial charge in [-0.1, -0.05) is 18.2 Å². The first kappa shape index (κ1) is 12.2. The molecule has 0 bridgehead atoms. The number of phenols is 1. The van der Waals surface area contributed by atoms with Crippen LogP contribution in [0.2, 0.25) is 0 Å². The van der Waals surface area contributed by atoms with Gasteiger partial charge in [-0.15, -0.1) is 0 Å². The predicted octanol–water partition coefficient (Wildman–Crippen LogP) is 2.58. The molecule has 3 rings (SSSR count). The molecule has 20 heavy (non-hydrogen) atoms. The molecule has 2 N–H and O–H groups in total. The van der Waals surface area contributed by atoms with Gasteiger partial charge in [0, 0.05) is 17.8 Å². The summed E-state index contributed by atoms with van der Waals surface area (Å²) in [7, 11) is 0. The number of para-hydroxylation sites is 1. The third kappa shape index (κ3) is 2.61. The van der Waals surface area contributed by atoms with Crippen molar-refractivity contribution in [2.24, 2.45) is 0 Å². The molecular formula is C15H14N4O. The van der Waals surface area contributed by atoms with Gasteiger partial charge < -0.3 is 10.4 Å². The number of nitrogens with one attached hydrogen (secondary N) is 1. The zero-order chi connectivity index (χ0) is 13.8. The molecule has 1 heterocycles. The summed E-state index contributed by atoms with van der Waals surface area (Å²) >= 11 is 0. The minimum Gasteiger partial charge on any atom is -0.508 e. The van der Waals surface area contributed by atoms with Gasteiger partial charge in [0.1, 0.15) is 18.4 Å². The van der Waals surface area contributed by atoms with E-state index in [2.05, 4.69) is 15.4 Å². The van der Waals surface area contributed by atoms with Crippen LogP contribution in [0.5, 0.6) is 5.75 Å². The van der Waals surface area contributed by atoms with Crippen molar-refractivity contribution in [1.29, 1.82) is 0 Å². The topological polar surface area (TPSA) is 63.0 Å². The first-order valence-corrected chi connectivity index (χ1v) is 6.29. The van der Waals surface area contributed by atoms with Crippen LogP contribution in [0.15, 0.2) is 61.2 Å². The summed E-state index contributed by atoms with van der Waals surface area (Å²) in [5.74, 6) is 0.305. The van der Waals surface area contributed by atoms with E-state index in [1.165, 1.54) is 6.33 Å². The van der Waals surface area contributed by atoms with Gasteiger partial charge in [-0.2, -0.15) is 5.10 Å². The smallest absolute Gasteiger partial charge is 0.138 e. The number of anilines is 1. The molecule has 0 aliphatic rings. The zero-order valence-electron chi connectivity index (χ0n) is 10.8. The first-order valence-electron chi connectivity index (χ1n) is 6.29. The van der Waals surface area contributed by atoms with Crippen molar-refractivity contribution < 1.29 is 5.11 Å². The largest absolute Gasteiger partial charge is 0.508 e. The van der Waals surface area contributed by atoms with E-state index in [1.54, 1.807) is 17.1 Å². The van der Waals surface area contributed by atoms with Crippen molar-refractivity contribution >= 4 is 5.69 Å². The van der Waals surface area contributed by atoms with Crippen LogP contribution in [0, 0.1) is 0 Å². The Kier molecular flexibility index (Phi) is 3.33. The fourth-order valence-corrected chi connectivity index (χ4v) is 1.93. The van der Waals surface area contributed by atoms with Crippen LogP contribution in [-0.4, -0.2) is 19.9 Å². The zero-order valence-corrected chi connectivity index (χ0v) is 10.8. The van der Waals surface area contributed by atoms with Crippen LogP contribution < -0.4 is 5.32 Å². The maximum atomic E-state index is 9.70. The summed E-state index contributed by atoms with van der Waals surface area (Å²) in [5, 5.41) is 17.0. The molecule has 0 amide bonds. The number of phenolic OH excluding ortho intramolecular Hbond substituents is 1. The van der Waals surface area contributed by atoms with Crippen molar-refractivity contribution in [2.45, 2.75) is 6.54 Å². The maximum Gasteiger partial charge on any atom is 0.138 e. The summed E-state index contributed by atoms with van der Waals surface area (Å²) in [5.41, 5.74) is 2.81. The molecule has 5 heteroatoms. The van der Waals surface area contributed by atoms with Gasteiger partial charge in [0.2, 0.25) is 0 Å². The molecule has 0 aliphatic carbocycles. The monoisotopic (exact) mass is 266 g/mol. The lowest BCUT2D eigenvalue weighted by Gasteiger charge is -2.08. The second kappa shape index (κ2) is 5.44. The predicted molar refractivity (Wildman–Crippen MR) is 76.8 cm³/mol. The second-order valence-electron chi connectivity index (χ2n) is 4.37. The van der Waals surface area contributed by atoms with E-state index in [4.69, 9.17) is 0 Å². The third-order valence-corrected chi connectivity index (χ3v) is 3.03. The molecule has 0 atom stereocenters. The number of hydrogen-bond acceptors (Lipinski definition) is 4. The van der Waals surface area contributed by atoms with E-state index >= 15 is 0 Å². The Bertz CT molecular complexity index is 677. The fourth-order valence-electron chi connectivity index (χ4n) is 1.93. The lowest BCUT2D eigenvalue weighted by atomic mass is 10.2. The maximum absolute atomic E-state index is 9.70. The average Bonchev–Trinajstić information content (AvgIpc) is 3.01. The second-order valence-corrected chi connectivity index (χ2v) is 4.37. The Labute approximate surface area is 116 Å². The van der Waals surface area contributed by atoms with Crippen molar-refractivity contribution in [2.75, 3.05) is 5.32 Å². The van der Waals surface area contributed by atoms with E-state index in [0.717, 1.165) is 16.9 Å². The lowest BCUT2D eigenvalue weighted by Crippen LogP contribution is -2.00. The molecule has 0 aliphatic heterocycles. The SMILES string of the molecule is Oc1ccccc1CNc1ccc(-n2cncn2)cc1. The summed E-state index contributed by atoms with van der Waals surface area (Å²) in [6.45, 7) is 0.579. The molecule has 5 nitrogen and oxygen atoms in total. The molecule has 0 radical (unpaired) electrons. The number of nitrogens with zero attached hydrogens (tertiary/aromatic N) is 3. The highest BCUT2D eigenvalue weighted by atomic mass is 16.3. The fraction of sp³-hybridized carbons (Fsp3) is 0.0667. The van der Waals surface area contributed by atoms with Crippen LogP contribution in [0.4, 0.5) is 5.69 Å². The number of rotatable bonds is 4. The van der Waals surface area contributed by atoms with E-state index in [0.29, 0.717) is 12.3 Å².